The van der Waals surface area contributed by atoms with Gasteiger partial charge in [-0.05, 0) is 19.1 Å². The molecule has 0 aliphatic rings. The first-order chi connectivity index (χ1) is 11.5. The Labute approximate surface area is 137 Å². The van der Waals surface area contributed by atoms with Crippen LogP contribution in [0.5, 0.6) is 0 Å². The maximum atomic E-state index is 14.7. The molecule has 0 spiro atoms. The summed E-state index contributed by atoms with van der Waals surface area (Å²) in [6.45, 7) is 2.23. The van der Waals surface area contributed by atoms with E-state index < -0.39 is 11.7 Å². The molecule has 3 aromatic rings. The summed E-state index contributed by atoms with van der Waals surface area (Å²) in [7, 11) is 0. The van der Waals surface area contributed by atoms with Crippen LogP contribution < -0.4 is 11.3 Å². The maximum absolute atomic E-state index is 14.7. The number of halogens is 1. The van der Waals surface area contributed by atoms with Crippen LogP contribution >= 0.6 is 0 Å². The molecule has 0 bridgehead atoms. The van der Waals surface area contributed by atoms with E-state index in [4.69, 9.17) is 5.73 Å². The summed E-state index contributed by atoms with van der Waals surface area (Å²) in [6.07, 6.45) is 6.89. The summed E-state index contributed by atoms with van der Waals surface area (Å²) in [6, 6.07) is 6.18. The minimum Gasteiger partial charge on any atom is -0.366 e. The van der Waals surface area contributed by atoms with Crippen molar-refractivity contribution in [3.05, 3.63) is 70.5 Å². The zero-order valence-electron chi connectivity index (χ0n) is 13.0. The van der Waals surface area contributed by atoms with Crippen molar-refractivity contribution in [3.63, 3.8) is 0 Å². The van der Waals surface area contributed by atoms with Crippen molar-refractivity contribution in [2.45, 2.75) is 13.5 Å². The van der Waals surface area contributed by atoms with Gasteiger partial charge >= 0.3 is 0 Å². The first-order valence-corrected chi connectivity index (χ1v) is 7.45. The molecular weight excluding hydrogens is 309 g/mol. The van der Waals surface area contributed by atoms with Crippen molar-refractivity contribution in [3.8, 4) is 11.1 Å². The lowest BCUT2D eigenvalue weighted by Gasteiger charge is -2.11. The summed E-state index contributed by atoms with van der Waals surface area (Å²) in [4.78, 5) is 26.8. The monoisotopic (exact) mass is 325 g/mol. The van der Waals surface area contributed by atoms with Crippen molar-refractivity contribution in [2.75, 3.05) is 0 Å². The highest BCUT2D eigenvalue weighted by Crippen LogP contribution is 2.30. The molecule has 0 radical (unpaired) electrons. The van der Waals surface area contributed by atoms with E-state index in [-0.39, 0.29) is 16.7 Å². The summed E-state index contributed by atoms with van der Waals surface area (Å²) in [5.74, 6) is -1.52. The number of allylic oxidation sites excluding steroid dienone is 2. The minimum absolute atomic E-state index is 0.178. The molecule has 122 valence electrons. The fraction of sp³-hybridized carbons (Fsp3) is 0.111. The van der Waals surface area contributed by atoms with Gasteiger partial charge in [0.05, 0.1) is 5.56 Å². The predicted molar refractivity (Wildman–Crippen MR) is 91.3 cm³/mol. The van der Waals surface area contributed by atoms with Gasteiger partial charge in [0, 0.05) is 35.5 Å². The smallest absolute Gasteiger partial charge is 0.275 e. The normalized spacial score (nSPS) is 11.4. The number of H-pyrrole nitrogens is 1. The fourth-order valence-electron chi connectivity index (χ4n) is 2.70. The van der Waals surface area contributed by atoms with Crippen LogP contribution in [-0.2, 0) is 6.54 Å². The number of aromatic amines is 1. The number of nitrogens with one attached hydrogen (secondary N) is 1. The van der Waals surface area contributed by atoms with Gasteiger partial charge in [0.2, 0.25) is 0 Å². The van der Waals surface area contributed by atoms with Crippen LogP contribution in [-0.4, -0.2) is 15.5 Å². The number of aromatic nitrogens is 2. The average Bonchev–Trinajstić information content (AvgIpc) is 3.05. The average molecular weight is 325 g/mol. The molecule has 5 nitrogen and oxygen atoms in total. The van der Waals surface area contributed by atoms with Crippen molar-refractivity contribution in [1.29, 1.82) is 0 Å². The molecule has 6 heteroatoms. The van der Waals surface area contributed by atoms with Crippen molar-refractivity contribution in [1.82, 2.24) is 9.55 Å². The second kappa shape index (κ2) is 6.16. The highest BCUT2D eigenvalue weighted by Gasteiger charge is 2.17. The number of nitrogens with zero attached hydrogens (tertiary/aromatic N) is 1. The van der Waals surface area contributed by atoms with Crippen LogP contribution in [0.3, 0.4) is 0 Å². The Hall–Kier alpha value is -3.15. The zero-order chi connectivity index (χ0) is 17.3. The van der Waals surface area contributed by atoms with Gasteiger partial charge in [-0.2, -0.15) is 0 Å². The van der Waals surface area contributed by atoms with E-state index in [0.29, 0.717) is 23.0 Å². The summed E-state index contributed by atoms with van der Waals surface area (Å²) < 4.78 is 16.2. The molecule has 2 heterocycles. The Bertz CT molecular complexity index is 1010. The molecule has 1 aromatic carbocycles. The Morgan fingerprint density at radius 1 is 1.33 bits per heavy atom. The zero-order valence-corrected chi connectivity index (χ0v) is 13.0. The highest BCUT2D eigenvalue weighted by molar-refractivity contribution is 5.98. The van der Waals surface area contributed by atoms with E-state index in [1.807, 2.05) is 19.1 Å². The van der Waals surface area contributed by atoms with Gasteiger partial charge < -0.3 is 15.3 Å². The summed E-state index contributed by atoms with van der Waals surface area (Å²) in [5.41, 5.74) is 6.00. The second-order valence-corrected chi connectivity index (χ2v) is 5.37. The number of fused-ring (bicyclic) bond motifs is 1. The number of amides is 1. The van der Waals surface area contributed by atoms with Gasteiger partial charge in [0.1, 0.15) is 11.3 Å². The van der Waals surface area contributed by atoms with Crippen molar-refractivity contribution >= 4 is 16.8 Å². The molecule has 0 aliphatic carbocycles. The third-order valence-electron chi connectivity index (χ3n) is 3.89. The number of nitrogens with two attached hydrogens (primary N) is 1. The molecule has 0 atom stereocenters. The van der Waals surface area contributed by atoms with Gasteiger partial charge in [-0.25, -0.2) is 4.39 Å². The molecular formula is C18H16FN3O2. The number of benzene rings is 1. The molecule has 3 rings (SSSR count). The van der Waals surface area contributed by atoms with Crippen LogP contribution in [0, 0.1) is 5.82 Å². The van der Waals surface area contributed by atoms with Crippen LogP contribution in [0.15, 0.2) is 53.6 Å². The minimum atomic E-state index is -0.832. The number of rotatable bonds is 4. The Morgan fingerprint density at radius 2 is 2.12 bits per heavy atom. The first-order valence-electron chi connectivity index (χ1n) is 7.45. The van der Waals surface area contributed by atoms with Gasteiger partial charge in [0.15, 0.2) is 0 Å². The number of hydrogen-bond donors (Lipinski definition) is 2. The largest absolute Gasteiger partial charge is 0.366 e. The lowest BCUT2D eigenvalue weighted by atomic mass is 10.0. The SMILES string of the molecule is C/C=C/Cn1cc(-c2cccc(C(N)=O)c2F)c2cc[nH]c2c1=O. The van der Waals surface area contributed by atoms with Crippen LogP contribution in [0.25, 0.3) is 22.0 Å². The summed E-state index contributed by atoms with van der Waals surface area (Å²) >= 11 is 0. The lowest BCUT2D eigenvalue weighted by Crippen LogP contribution is -2.20. The fourth-order valence-corrected chi connectivity index (χ4v) is 2.70. The molecule has 0 saturated heterocycles. The molecule has 3 N–H and O–H groups in total. The molecule has 1 amide bonds. The van der Waals surface area contributed by atoms with Crippen molar-refractivity contribution < 1.29 is 9.18 Å². The van der Waals surface area contributed by atoms with Gasteiger partial charge in [-0.15, -0.1) is 0 Å². The molecule has 0 aliphatic heterocycles. The Kier molecular flexibility index (Phi) is 4.04. The van der Waals surface area contributed by atoms with Crippen LogP contribution in [0.4, 0.5) is 4.39 Å². The van der Waals surface area contributed by atoms with Gasteiger partial charge in [-0.3, -0.25) is 9.59 Å². The van der Waals surface area contributed by atoms with Crippen LogP contribution in [0.2, 0.25) is 0 Å². The van der Waals surface area contributed by atoms with E-state index >= 15 is 0 Å². The van der Waals surface area contributed by atoms with E-state index in [9.17, 15) is 14.0 Å². The Balaban J connectivity index is 2.32. The van der Waals surface area contributed by atoms with Crippen molar-refractivity contribution in [2.24, 2.45) is 5.73 Å². The number of primary amides is 1. The number of pyridine rings is 1. The third kappa shape index (κ3) is 2.52. The van der Waals surface area contributed by atoms with E-state index in [1.54, 1.807) is 30.6 Å². The standard InChI is InChI=1S/C18H16FN3O2/c1-2-3-9-22-10-14(12-7-8-21-16(12)18(22)24)11-5-4-6-13(15(11)19)17(20)23/h2-8,10,21H,9H2,1H3,(H2,20,23)/b3-2+. The van der Waals surface area contributed by atoms with Gasteiger partial charge in [-0.1, -0.05) is 24.3 Å². The first kappa shape index (κ1) is 15.7. The van der Waals surface area contributed by atoms with E-state index in [1.165, 1.54) is 10.6 Å². The number of carbonyl (C=O) groups is 1. The summed E-state index contributed by atoms with van der Waals surface area (Å²) in [5, 5.41) is 0.595. The number of carbonyl (C=O) groups excluding carboxylic acids is 1. The molecule has 0 unspecified atom stereocenters. The lowest BCUT2D eigenvalue weighted by molar-refractivity contribution is 0.0996. The van der Waals surface area contributed by atoms with E-state index in [2.05, 4.69) is 4.98 Å². The van der Waals surface area contributed by atoms with Gasteiger partial charge in [0.25, 0.3) is 11.5 Å². The molecule has 2 aromatic heterocycles. The Morgan fingerprint density at radius 3 is 2.83 bits per heavy atom. The predicted octanol–water partition coefficient (Wildman–Crippen LogP) is 2.81. The maximum Gasteiger partial charge on any atom is 0.275 e. The topological polar surface area (TPSA) is 80.9 Å². The highest BCUT2D eigenvalue weighted by atomic mass is 19.1. The second-order valence-electron chi connectivity index (χ2n) is 5.37. The molecule has 0 fully saturated rings. The van der Waals surface area contributed by atoms with Crippen LogP contribution in [0.1, 0.15) is 17.3 Å². The van der Waals surface area contributed by atoms with E-state index in [0.717, 1.165) is 0 Å². The quantitative estimate of drug-likeness (QED) is 0.723. The molecule has 0 saturated carbocycles. The molecule has 24 heavy (non-hydrogen) atoms. The third-order valence-corrected chi connectivity index (χ3v) is 3.89. The number of hydrogen-bond acceptors (Lipinski definition) is 2.